The van der Waals surface area contributed by atoms with E-state index in [1.54, 1.807) is 28.5 Å². The molecule has 2 aromatic carbocycles. The molecule has 0 fully saturated rings. The van der Waals surface area contributed by atoms with Gasteiger partial charge in [-0.2, -0.15) is 5.10 Å². The largest absolute Gasteiger partial charge is 0.467 e. The van der Waals surface area contributed by atoms with Crippen LogP contribution in [0.3, 0.4) is 0 Å². The van der Waals surface area contributed by atoms with Crippen molar-refractivity contribution in [1.82, 2.24) is 0 Å². The third-order valence-corrected chi connectivity index (χ3v) is 5.99. The lowest BCUT2D eigenvalue weighted by Crippen LogP contribution is -2.52. The molecule has 1 aliphatic heterocycles. The standard InChI is InChI=1S/C22H19FN2O2S/c1-22(21(26)27-2)19(18-9-6-14-28-18)20(15-10-12-16(23)13-11-15)24-25(22)17-7-4-3-5-8-17/h3-14,19H,1-2H3. The Kier molecular flexibility index (Phi) is 4.73. The molecule has 0 N–H and O–H groups in total. The van der Waals surface area contributed by atoms with Crippen molar-refractivity contribution in [2.24, 2.45) is 5.10 Å². The van der Waals surface area contributed by atoms with E-state index in [9.17, 15) is 9.18 Å². The Labute approximate surface area is 166 Å². The van der Waals surface area contributed by atoms with Gasteiger partial charge in [0.15, 0.2) is 5.54 Å². The van der Waals surface area contributed by atoms with Crippen LogP contribution in [-0.4, -0.2) is 24.3 Å². The normalized spacial score (nSPS) is 21.5. The molecule has 0 bridgehead atoms. The van der Waals surface area contributed by atoms with E-state index >= 15 is 0 Å². The number of halogens is 1. The summed E-state index contributed by atoms with van der Waals surface area (Å²) in [5.74, 6) is -1.05. The summed E-state index contributed by atoms with van der Waals surface area (Å²) in [5, 5.41) is 8.55. The molecule has 4 rings (SSSR count). The van der Waals surface area contributed by atoms with Crippen molar-refractivity contribution in [3.05, 3.63) is 88.4 Å². The van der Waals surface area contributed by atoms with Crippen LogP contribution in [0, 0.1) is 5.82 Å². The number of methoxy groups -OCH3 is 1. The van der Waals surface area contributed by atoms with Crippen LogP contribution in [0.4, 0.5) is 10.1 Å². The quantitative estimate of drug-likeness (QED) is 0.596. The minimum absolute atomic E-state index is 0.314. The molecule has 2 unspecified atom stereocenters. The number of anilines is 1. The molecular formula is C22H19FN2O2S. The van der Waals surface area contributed by atoms with E-state index in [2.05, 4.69) is 0 Å². The second-order valence-corrected chi connectivity index (χ2v) is 7.71. The fraction of sp³-hybridized carbons (Fsp3) is 0.182. The molecule has 0 amide bonds. The predicted molar refractivity (Wildman–Crippen MR) is 109 cm³/mol. The SMILES string of the molecule is COC(=O)C1(C)C(c2cccs2)C(c2ccc(F)cc2)=NN1c1ccccc1. The molecule has 0 radical (unpaired) electrons. The summed E-state index contributed by atoms with van der Waals surface area (Å²) in [4.78, 5) is 14.1. The van der Waals surface area contributed by atoms with Crippen molar-refractivity contribution in [3.63, 3.8) is 0 Å². The van der Waals surface area contributed by atoms with Crippen molar-refractivity contribution >= 4 is 28.7 Å². The molecule has 4 nitrogen and oxygen atoms in total. The Balaban J connectivity index is 1.94. The lowest BCUT2D eigenvalue weighted by Gasteiger charge is -2.35. The average Bonchev–Trinajstić information content (AvgIpc) is 3.35. The van der Waals surface area contributed by atoms with Crippen LogP contribution in [0.2, 0.25) is 0 Å². The van der Waals surface area contributed by atoms with Gasteiger partial charge in [0, 0.05) is 4.88 Å². The Hall–Kier alpha value is -2.99. The number of hydrogen-bond acceptors (Lipinski definition) is 5. The molecule has 1 aliphatic rings. The van der Waals surface area contributed by atoms with E-state index < -0.39 is 5.54 Å². The third kappa shape index (κ3) is 2.90. The van der Waals surface area contributed by atoms with Gasteiger partial charge in [0.25, 0.3) is 0 Å². The summed E-state index contributed by atoms with van der Waals surface area (Å²) in [5.41, 5.74) is 1.19. The fourth-order valence-corrected chi connectivity index (χ4v) is 4.62. The van der Waals surface area contributed by atoms with Crippen molar-refractivity contribution in [1.29, 1.82) is 0 Å². The first-order valence-electron chi connectivity index (χ1n) is 8.87. The average molecular weight is 394 g/mol. The maximum atomic E-state index is 13.5. The van der Waals surface area contributed by atoms with E-state index in [-0.39, 0.29) is 17.7 Å². The molecule has 0 saturated heterocycles. The first-order valence-corrected chi connectivity index (χ1v) is 9.75. The van der Waals surface area contributed by atoms with Crippen LogP contribution < -0.4 is 5.01 Å². The number of para-hydroxylation sites is 1. The minimum atomic E-state index is -1.08. The van der Waals surface area contributed by atoms with Gasteiger partial charge in [-0.05, 0) is 48.2 Å². The third-order valence-electron chi connectivity index (χ3n) is 5.05. The number of hydrazone groups is 1. The highest BCUT2D eigenvalue weighted by Crippen LogP contribution is 2.46. The van der Waals surface area contributed by atoms with Crippen molar-refractivity contribution in [2.75, 3.05) is 12.1 Å². The minimum Gasteiger partial charge on any atom is -0.467 e. The first kappa shape index (κ1) is 18.4. The second-order valence-electron chi connectivity index (χ2n) is 6.73. The number of benzene rings is 2. The Morgan fingerprint density at radius 2 is 1.82 bits per heavy atom. The van der Waals surface area contributed by atoms with Gasteiger partial charge in [-0.15, -0.1) is 11.3 Å². The number of ether oxygens (including phenoxy) is 1. The number of carbonyl (C=O) groups excluding carboxylic acids is 1. The van der Waals surface area contributed by atoms with E-state index in [1.165, 1.54) is 19.2 Å². The van der Waals surface area contributed by atoms with E-state index in [0.29, 0.717) is 5.71 Å². The maximum absolute atomic E-state index is 13.5. The smallest absolute Gasteiger partial charge is 0.334 e. The number of nitrogens with zero attached hydrogens (tertiary/aromatic N) is 2. The van der Waals surface area contributed by atoms with Crippen LogP contribution in [0.5, 0.6) is 0 Å². The fourth-order valence-electron chi connectivity index (χ4n) is 3.68. The lowest BCUT2D eigenvalue weighted by molar-refractivity contribution is -0.146. The molecule has 0 saturated carbocycles. The van der Waals surface area contributed by atoms with Gasteiger partial charge in [0.1, 0.15) is 5.82 Å². The summed E-state index contributed by atoms with van der Waals surface area (Å²) >= 11 is 1.56. The lowest BCUT2D eigenvalue weighted by atomic mass is 9.79. The second kappa shape index (κ2) is 7.20. The summed E-state index contributed by atoms with van der Waals surface area (Å²) in [6.07, 6.45) is 0. The summed E-state index contributed by atoms with van der Waals surface area (Å²) in [6, 6.07) is 19.7. The van der Waals surface area contributed by atoms with Crippen LogP contribution in [0.1, 0.15) is 23.3 Å². The zero-order chi connectivity index (χ0) is 19.7. The topological polar surface area (TPSA) is 41.9 Å². The molecule has 2 heterocycles. The molecule has 3 aromatic rings. The van der Waals surface area contributed by atoms with Gasteiger partial charge >= 0.3 is 5.97 Å². The highest BCUT2D eigenvalue weighted by molar-refractivity contribution is 7.10. The highest BCUT2D eigenvalue weighted by atomic mass is 32.1. The molecular weight excluding hydrogens is 375 g/mol. The number of thiophene rings is 1. The predicted octanol–water partition coefficient (Wildman–Crippen LogP) is 4.83. The van der Waals surface area contributed by atoms with Crippen LogP contribution in [0.25, 0.3) is 0 Å². The number of rotatable bonds is 4. The Bertz CT molecular complexity index is 1000. The molecule has 142 valence electrons. The van der Waals surface area contributed by atoms with Gasteiger partial charge in [-0.3, -0.25) is 0 Å². The van der Waals surface area contributed by atoms with Crippen LogP contribution in [0.15, 0.2) is 77.2 Å². The number of carbonyl (C=O) groups is 1. The van der Waals surface area contributed by atoms with E-state index in [0.717, 1.165) is 16.1 Å². The monoisotopic (exact) mass is 394 g/mol. The molecule has 0 spiro atoms. The van der Waals surface area contributed by atoms with Crippen LogP contribution >= 0.6 is 11.3 Å². The van der Waals surface area contributed by atoms with Crippen LogP contribution in [-0.2, 0) is 9.53 Å². The van der Waals surface area contributed by atoms with Gasteiger partial charge < -0.3 is 4.74 Å². The molecule has 28 heavy (non-hydrogen) atoms. The molecule has 6 heteroatoms. The van der Waals surface area contributed by atoms with Crippen molar-refractivity contribution < 1.29 is 13.9 Å². The zero-order valence-electron chi connectivity index (χ0n) is 15.5. The van der Waals surface area contributed by atoms with Gasteiger partial charge in [0.05, 0.1) is 24.4 Å². The van der Waals surface area contributed by atoms with E-state index in [4.69, 9.17) is 9.84 Å². The highest BCUT2D eigenvalue weighted by Gasteiger charge is 2.56. The molecule has 0 aliphatic carbocycles. The van der Waals surface area contributed by atoms with Gasteiger partial charge in [-0.25, -0.2) is 14.2 Å². The van der Waals surface area contributed by atoms with E-state index in [1.807, 2.05) is 54.8 Å². The molecule has 2 atom stereocenters. The molecule has 1 aromatic heterocycles. The Morgan fingerprint density at radius 3 is 2.43 bits per heavy atom. The first-order chi connectivity index (χ1) is 13.6. The number of hydrogen-bond donors (Lipinski definition) is 0. The van der Waals surface area contributed by atoms with Crippen molar-refractivity contribution in [3.8, 4) is 0 Å². The summed E-state index contributed by atoms with van der Waals surface area (Å²) in [7, 11) is 1.39. The summed E-state index contributed by atoms with van der Waals surface area (Å²) < 4.78 is 18.7. The maximum Gasteiger partial charge on any atom is 0.334 e. The zero-order valence-corrected chi connectivity index (χ0v) is 16.3. The Morgan fingerprint density at radius 1 is 1.11 bits per heavy atom. The summed E-state index contributed by atoms with van der Waals surface area (Å²) in [6.45, 7) is 1.84. The number of esters is 1. The van der Waals surface area contributed by atoms with Crippen molar-refractivity contribution in [2.45, 2.75) is 18.4 Å². The van der Waals surface area contributed by atoms with Gasteiger partial charge in [0.2, 0.25) is 0 Å². The van der Waals surface area contributed by atoms with Gasteiger partial charge in [-0.1, -0.05) is 36.4 Å².